The Morgan fingerprint density at radius 1 is 0.577 bits per heavy atom. The molecule has 0 amide bonds. The molecule has 15 nitrogen and oxygen atoms in total. The zero-order valence-corrected chi connectivity index (χ0v) is 30.4. The van der Waals surface area contributed by atoms with E-state index in [1.807, 2.05) is 0 Å². The number of ether oxygens (including phenoxy) is 6. The summed E-state index contributed by atoms with van der Waals surface area (Å²) in [6, 6.07) is 0. The maximum Gasteiger partial charge on any atom is 0.336 e. The van der Waals surface area contributed by atoms with E-state index < -0.39 is 35.0 Å². The quantitative estimate of drug-likeness (QED) is 0.0737. The number of hydrogen-bond acceptors (Lipinski definition) is 12. The number of carbonyl (C=O) groups is 3. The van der Waals surface area contributed by atoms with Gasteiger partial charge in [-0.15, -0.1) is 0 Å². The Kier molecular flexibility index (Phi) is 13.4. The summed E-state index contributed by atoms with van der Waals surface area (Å²) in [7, 11) is 0. The van der Waals surface area contributed by atoms with Gasteiger partial charge >= 0.3 is 35.0 Å². The summed E-state index contributed by atoms with van der Waals surface area (Å²) in [5.74, 6) is -0.732. The van der Waals surface area contributed by atoms with E-state index in [1.54, 1.807) is 0 Å². The van der Waals surface area contributed by atoms with E-state index in [2.05, 4.69) is 6.92 Å². The minimum absolute atomic E-state index is 0.00137. The zero-order valence-electron chi connectivity index (χ0n) is 30.4. The van der Waals surface area contributed by atoms with Gasteiger partial charge in [0.25, 0.3) is 0 Å². The van der Waals surface area contributed by atoms with Crippen LogP contribution in [-0.2, 0) is 62.4 Å². The largest absolute Gasteiger partial charge is 0.466 e. The number of fused-ring (bicyclic) bond motifs is 2. The van der Waals surface area contributed by atoms with E-state index >= 15 is 0 Å². The number of rotatable bonds is 22. The highest BCUT2D eigenvalue weighted by Gasteiger charge is 2.45. The fourth-order valence-corrected chi connectivity index (χ4v) is 7.76. The predicted octanol–water partition coefficient (Wildman–Crippen LogP) is 2.62. The molecule has 3 aliphatic heterocycles. The summed E-state index contributed by atoms with van der Waals surface area (Å²) < 4.78 is 35.8. The van der Waals surface area contributed by atoms with Crippen molar-refractivity contribution in [3.8, 4) is 0 Å². The first kappa shape index (κ1) is 38.4. The Morgan fingerprint density at radius 2 is 1.02 bits per heavy atom. The van der Waals surface area contributed by atoms with Gasteiger partial charge in [-0.1, -0.05) is 13.3 Å². The number of carbonyl (C=O) groups excluding carboxylic acids is 3. The van der Waals surface area contributed by atoms with Gasteiger partial charge in [-0.2, -0.15) is 0 Å². The van der Waals surface area contributed by atoms with Crippen molar-refractivity contribution in [2.24, 2.45) is 11.8 Å². The van der Waals surface area contributed by atoms with Crippen LogP contribution in [0.2, 0.25) is 0 Å². The molecule has 1 aromatic heterocycles. The molecule has 290 valence electrons. The van der Waals surface area contributed by atoms with Crippen LogP contribution in [0.1, 0.15) is 110 Å². The van der Waals surface area contributed by atoms with Crippen LogP contribution in [0.15, 0.2) is 14.4 Å². The van der Waals surface area contributed by atoms with Crippen LogP contribution in [0, 0.1) is 11.8 Å². The number of esters is 3. The molecule has 0 aromatic carbocycles. The van der Waals surface area contributed by atoms with Crippen LogP contribution >= 0.6 is 0 Å². The Morgan fingerprint density at radius 3 is 1.46 bits per heavy atom. The summed E-state index contributed by atoms with van der Waals surface area (Å²) in [6.07, 6.45) is 11.6. The van der Waals surface area contributed by atoms with Crippen LogP contribution in [0.4, 0.5) is 0 Å². The third-order valence-corrected chi connectivity index (χ3v) is 11.0. The highest BCUT2D eigenvalue weighted by molar-refractivity contribution is 5.69. The number of nitrogens with zero attached hydrogens (tertiary/aromatic N) is 3. The number of epoxide rings is 3. The average Bonchev–Trinajstić information content (AvgIpc) is 4.04. The summed E-state index contributed by atoms with van der Waals surface area (Å²) in [5, 5.41) is 0. The molecule has 5 fully saturated rings. The molecule has 52 heavy (non-hydrogen) atoms. The van der Waals surface area contributed by atoms with Crippen molar-refractivity contribution < 1.29 is 42.8 Å². The summed E-state index contributed by atoms with van der Waals surface area (Å²) in [6.45, 7) is 2.71. The van der Waals surface area contributed by atoms with Gasteiger partial charge in [-0.05, 0) is 88.9 Å². The predicted molar refractivity (Wildman–Crippen MR) is 185 cm³/mol. The molecule has 8 unspecified atom stereocenters. The van der Waals surface area contributed by atoms with Gasteiger partial charge in [0.15, 0.2) is 0 Å². The molecule has 0 bridgehead atoms. The monoisotopic (exact) mass is 733 g/mol. The van der Waals surface area contributed by atoms with Crippen molar-refractivity contribution in [3.05, 3.63) is 31.5 Å². The van der Waals surface area contributed by atoms with Gasteiger partial charge < -0.3 is 28.4 Å². The molecule has 15 heteroatoms. The summed E-state index contributed by atoms with van der Waals surface area (Å²) in [4.78, 5) is 77.8. The molecule has 2 saturated carbocycles. The standard InChI is InChI=1S/C37H55N3O12/c1-2-7-26-27(50-26)8-6-19-47-32(41)9-3-16-38-35(44)39(17-4-10-33(42)48-22-24-12-14-28-30(20-24)51-28)37(46)40(36(38)45)18-5-11-34(43)49-23-25-13-15-29-31(21-25)52-29/h24-31H,2-23H2,1H3. The molecule has 0 spiro atoms. The van der Waals surface area contributed by atoms with Gasteiger partial charge in [0, 0.05) is 38.9 Å². The first-order valence-electron chi connectivity index (χ1n) is 19.6. The van der Waals surface area contributed by atoms with Crippen LogP contribution in [0.25, 0.3) is 0 Å². The fraction of sp³-hybridized carbons (Fsp3) is 0.838. The molecule has 2 aliphatic carbocycles. The van der Waals surface area contributed by atoms with E-state index in [0.717, 1.165) is 71.5 Å². The van der Waals surface area contributed by atoms with Crippen LogP contribution in [0.5, 0.6) is 0 Å². The van der Waals surface area contributed by atoms with E-state index in [-0.39, 0.29) is 94.9 Å². The second kappa shape index (κ2) is 18.2. The normalized spacial score (nSPS) is 28.3. The third-order valence-electron chi connectivity index (χ3n) is 11.0. The molecule has 1 aromatic rings. The van der Waals surface area contributed by atoms with Crippen molar-refractivity contribution in [2.45, 2.75) is 166 Å². The molecule has 0 N–H and O–H groups in total. The SMILES string of the molecule is CCCC1OC1CCCOC(=O)CCCn1c(=O)n(CCCC(=O)OCC2CCC3OC3C2)c(=O)n(CCCC(=O)OCC2CCC3OC3C2)c1=O. The van der Waals surface area contributed by atoms with Crippen molar-refractivity contribution in [3.63, 3.8) is 0 Å². The minimum Gasteiger partial charge on any atom is -0.466 e. The van der Waals surface area contributed by atoms with E-state index in [1.165, 1.54) is 0 Å². The lowest BCUT2D eigenvalue weighted by molar-refractivity contribution is -0.146. The van der Waals surface area contributed by atoms with E-state index in [9.17, 15) is 28.8 Å². The van der Waals surface area contributed by atoms with Gasteiger partial charge in [0.1, 0.15) is 0 Å². The Balaban J connectivity index is 0.995. The second-order valence-corrected chi connectivity index (χ2v) is 15.1. The topological polar surface area (TPSA) is 182 Å². The van der Waals surface area contributed by atoms with Gasteiger partial charge in [-0.25, -0.2) is 28.1 Å². The lowest BCUT2D eigenvalue weighted by Crippen LogP contribution is -2.54. The minimum atomic E-state index is -0.811. The highest BCUT2D eigenvalue weighted by atomic mass is 16.6. The van der Waals surface area contributed by atoms with E-state index in [4.69, 9.17) is 28.4 Å². The molecular weight excluding hydrogens is 678 g/mol. The first-order chi connectivity index (χ1) is 25.2. The van der Waals surface area contributed by atoms with Crippen LogP contribution in [-0.4, -0.2) is 88.1 Å². The smallest absolute Gasteiger partial charge is 0.336 e. The van der Waals surface area contributed by atoms with Gasteiger partial charge in [-0.3, -0.25) is 14.4 Å². The molecule has 4 heterocycles. The van der Waals surface area contributed by atoms with E-state index in [0.29, 0.717) is 37.9 Å². The molecule has 8 atom stereocenters. The molecule has 6 rings (SSSR count). The molecule has 3 saturated heterocycles. The maximum atomic E-state index is 13.5. The second-order valence-electron chi connectivity index (χ2n) is 15.1. The Hall–Kier alpha value is -3.30. The lowest BCUT2D eigenvalue weighted by Gasteiger charge is -2.18. The Bertz CT molecular complexity index is 1500. The Labute approximate surface area is 303 Å². The highest BCUT2D eigenvalue weighted by Crippen LogP contribution is 2.40. The van der Waals surface area contributed by atoms with Crippen LogP contribution < -0.4 is 17.1 Å². The van der Waals surface area contributed by atoms with Crippen molar-refractivity contribution >= 4 is 17.9 Å². The third kappa shape index (κ3) is 10.9. The summed E-state index contributed by atoms with van der Waals surface area (Å²) in [5.41, 5.74) is -2.43. The number of hydrogen-bond donors (Lipinski definition) is 0. The van der Waals surface area contributed by atoms with Crippen molar-refractivity contribution in [1.82, 2.24) is 13.7 Å². The lowest BCUT2D eigenvalue weighted by atomic mass is 9.90. The van der Waals surface area contributed by atoms with Crippen molar-refractivity contribution in [1.29, 1.82) is 0 Å². The van der Waals surface area contributed by atoms with Crippen LogP contribution in [0.3, 0.4) is 0 Å². The molecular formula is C37H55N3O12. The van der Waals surface area contributed by atoms with Gasteiger partial charge in [0.05, 0.1) is 56.4 Å². The fourth-order valence-electron chi connectivity index (χ4n) is 7.76. The number of aromatic nitrogens is 3. The van der Waals surface area contributed by atoms with Gasteiger partial charge in [0.2, 0.25) is 0 Å². The molecule has 5 aliphatic rings. The molecule has 0 radical (unpaired) electrons. The summed E-state index contributed by atoms with van der Waals surface area (Å²) >= 11 is 0. The maximum absolute atomic E-state index is 13.5. The average molecular weight is 734 g/mol. The first-order valence-corrected chi connectivity index (χ1v) is 19.6. The zero-order chi connectivity index (χ0) is 36.6. The van der Waals surface area contributed by atoms with Crippen molar-refractivity contribution in [2.75, 3.05) is 19.8 Å².